The Morgan fingerprint density at radius 2 is 1.81 bits per heavy atom. The van der Waals surface area contributed by atoms with Crippen LogP contribution in [-0.2, 0) is 4.74 Å². The van der Waals surface area contributed by atoms with Gasteiger partial charge in [-0.3, -0.25) is 0 Å². The molecule has 16 heavy (non-hydrogen) atoms. The molecule has 1 heterocycles. The van der Waals surface area contributed by atoms with E-state index in [1.165, 1.54) is 51.6 Å². The second-order valence-electron chi connectivity index (χ2n) is 5.43. The van der Waals surface area contributed by atoms with E-state index in [0.29, 0.717) is 6.10 Å². The Hall–Kier alpha value is -0.0800. The third-order valence-electron chi connectivity index (χ3n) is 4.50. The molecule has 1 saturated heterocycles. The van der Waals surface area contributed by atoms with E-state index in [1.54, 1.807) is 0 Å². The summed E-state index contributed by atoms with van der Waals surface area (Å²) in [7, 11) is 0. The number of ether oxygens (including phenoxy) is 1. The number of nitrogens with zero attached hydrogens (tertiary/aromatic N) is 1. The van der Waals surface area contributed by atoms with Gasteiger partial charge in [0.1, 0.15) is 0 Å². The summed E-state index contributed by atoms with van der Waals surface area (Å²) in [4.78, 5) is 2.73. The van der Waals surface area contributed by atoms with Crippen LogP contribution in [0.15, 0.2) is 0 Å². The van der Waals surface area contributed by atoms with Gasteiger partial charge in [0.2, 0.25) is 0 Å². The Bertz CT molecular complexity index is 199. The number of piperidine rings is 1. The van der Waals surface area contributed by atoms with Gasteiger partial charge in [-0.05, 0) is 58.0 Å². The predicted molar refractivity (Wildman–Crippen MR) is 67.6 cm³/mol. The maximum Gasteiger partial charge on any atom is 0.0590 e. The molecular formula is C14H27NO. The van der Waals surface area contributed by atoms with Gasteiger partial charge in [-0.15, -0.1) is 0 Å². The van der Waals surface area contributed by atoms with E-state index in [4.69, 9.17) is 4.74 Å². The van der Waals surface area contributed by atoms with Crippen molar-refractivity contribution in [2.75, 3.05) is 19.7 Å². The quantitative estimate of drug-likeness (QED) is 0.729. The molecule has 0 aromatic rings. The Labute approximate surface area is 100 Å². The minimum atomic E-state index is 0.555. The lowest BCUT2D eigenvalue weighted by Gasteiger charge is -2.35. The SMILES string of the molecule is CCOC1CCC(N2CCC(CC)CC2)C1. The Balaban J connectivity index is 1.73. The predicted octanol–water partition coefficient (Wildman–Crippen LogP) is 3.07. The summed E-state index contributed by atoms with van der Waals surface area (Å²) in [6, 6.07) is 0.828. The van der Waals surface area contributed by atoms with Crippen LogP contribution in [0, 0.1) is 5.92 Å². The van der Waals surface area contributed by atoms with Gasteiger partial charge in [0.25, 0.3) is 0 Å². The lowest BCUT2D eigenvalue weighted by atomic mass is 9.93. The van der Waals surface area contributed by atoms with Crippen molar-refractivity contribution in [2.45, 2.75) is 64.5 Å². The molecule has 2 unspecified atom stereocenters. The monoisotopic (exact) mass is 225 g/mol. The first-order valence-electron chi connectivity index (χ1n) is 7.19. The van der Waals surface area contributed by atoms with Crippen molar-refractivity contribution in [1.29, 1.82) is 0 Å². The smallest absolute Gasteiger partial charge is 0.0590 e. The van der Waals surface area contributed by atoms with Crippen molar-refractivity contribution in [3.8, 4) is 0 Å². The molecule has 1 aliphatic carbocycles. The second-order valence-corrected chi connectivity index (χ2v) is 5.43. The molecule has 2 aliphatic rings. The molecule has 0 amide bonds. The van der Waals surface area contributed by atoms with Crippen molar-refractivity contribution >= 4 is 0 Å². The Morgan fingerprint density at radius 3 is 2.44 bits per heavy atom. The van der Waals surface area contributed by atoms with Gasteiger partial charge in [-0.2, -0.15) is 0 Å². The molecule has 94 valence electrons. The van der Waals surface area contributed by atoms with E-state index >= 15 is 0 Å². The average Bonchev–Trinajstić information content (AvgIpc) is 2.78. The summed E-state index contributed by atoms with van der Waals surface area (Å²) in [6.07, 6.45) is 8.70. The summed E-state index contributed by atoms with van der Waals surface area (Å²) in [5, 5.41) is 0. The molecule has 1 aliphatic heterocycles. The summed E-state index contributed by atoms with van der Waals surface area (Å²) < 4.78 is 5.74. The molecular weight excluding hydrogens is 198 g/mol. The molecule has 0 spiro atoms. The van der Waals surface area contributed by atoms with Crippen LogP contribution in [0.3, 0.4) is 0 Å². The largest absolute Gasteiger partial charge is 0.378 e. The Kier molecular flexibility index (Phi) is 4.66. The van der Waals surface area contributed by atoms with Crippen LogP contribution in [0.2, 0.25) is 0 Å². The van der Waals surface area contributed by atoms with Crippen molar-refractivity contribution in [1.82, 2.24) is 4.90 Å². The van der Waals surface area contributed by atoms with Crippen molar-refractivity contribution < 1.29 is 4.74 Å². The van der Waals surface area contributed by atoms with Crippen LogP contribution in [-0.4, -0.2) is 36.7 Å². The van der Waals surface area contributed by atoms with Gasteiger partial charge in [0.05, 0.1) is 6.10 Å². The molecule has 2 fully saturated rings. The van der Waals surface area contributed by atoms with E-state index in [2.05, 4.69) is 18.7 Å². The molecule has 2 nitrogen and oxygen atoms in total. The fourth-order valence-corrected chi connectivity index (χ4v) is 3.36. The zero-order valence-corrected chi connectivity index (χ0v) is 11.0. The lowest BCUT2D eigenvalue weighted by molar-refractivity contribution is 0.0563. The molecule has 1 saturated carbocycles. The minimum absolute atomic E-state index is 0.555. The zero-order chi connectivity index (χ0) is 11.4. The van der Waals surface area contributed by atoms with Crippen LogP contribution in [0.25, 0.3) is 0 Å². The zero-order valence-electron chi connectivity index (χ0n) is 11.0. The van der Waals surface area contributed by atoms with Crippen molar-refractivity contribution in [3.05, 3.63) is 0 Å². The first-order valence-corrected chi connectivity index (χ1v) is 7.19. The highest BCUT2D eigenvalue weighted by molar-refractivity contribution is 4.86. The maximum atomic E-state index is 5.74. The molecule has 2 rings (SSSR count). The minimum Gasteiger partial charge on any atom is -0.378 e. The first kappa shape index (κ1) is 12.4. The number of hydrogen-bond donors (Lipinski definition) is 0. The molecule has 2 heteroatoms. The number of rotatable bonds is 4. The molecule has 2 atom stereocenters. The highest BCUT2D eigenvalue weighted by Gasteiger charge is 2.31. The van der Waals surface area contributed by atoms with Crippen LogP contribution in [0.4, 0.5) is 0 Å². The topological polar surface area (TPSA) is 12.5 Å². The van der Waals surface area contributed by atoms with Crippen molar-refractivity contribution in [2.24, 2.45) is 5.92 Å². The van der Waals surface area contributed by atoms with E-state index < -0.39 is 0 Å². The van der Waals surface area contributed by atoms with E-state index in [9.17, 15) is 0 Å². The number of hydrogen-bond acceptors (Lipinski definition) is 2. The summed E-state index contributed by atoms with van der Waals surface area (Å²) in [6.45, 7) is 8.00. The third-order valence-corrected chi connectivity index (χ3v) is 4.50. The number of likely N-dealkylation sites (tertiary alicyclic amines) is 1. The highest BCUT2D eigenvalue weighted by Crippen LogP contribution is 2.30. The summed E-state index contributed by atoms with van der Waals surface area (Å²) >= 11 is 0. The van der Waals surface area contributed by atoms with Crippen LogP contribution >= 0.6 is 0 Å². The van der Waals surface area contributed by atoms with Crippen LogP contribution < -0.4 is 0 Å². The molecule has 0 aromatic heterocycles. The summed E-state index contributed by atoms with van der Waals surface area (Å²) in [5.41, 5.74) is 0. The van der Waals surface area contributed by atoms with Gasteiger partial charge < -0.3 is 9.64 Å². The Morgan fingerprint density at radius 1 is 1.06 bits per heavy atom. The normalized spacial score (nSPS) is 33.4. The fourth-order valence-electron chi connectivity index (χ4n) is 3.36. The van der Waals surface area contributed by atoms with Gasteiger partial charge >= 0.3 is 0 Å². The van der Waals surface area contributed by atoms with E-state index in [-0.39, 0.29) is 0 Å². The average molecular weight is 225 g/mol. The van der Waals surface area contributed by atoms with Gasteiger partial charge in [-0.25, -0.2) is 0 Å². The van der Waals surface area contributed by atoms with Gasteiger partial charge in [0, 0.05) is 12.6 Å². The van der Waals surface area contributed by atoms with Crippen molar-refractivity contribution in [3.63, 3.8) is 0 Å². The van der Waals surface area contributed by atoms with Crippen LogP contribution in [0.5, 0.6) is 0 Å². The first-order chi connectivity index (χ1) is 7.83. The molecule has 0 aromatic carbocycles. The molecule has 0 N–H and O–H groups in total. The van der Waals surface area contributed by atoms with E-state index in [1.807, 2.05) is 0 Å². The standard InChI is InChI=1S/C14H27NO/c1-3-12-7-9-15(10-8-12)13-5-6-14(11-13)16-4-2/h12-14H,3-11H2,1-2H3. The molecule has 0 radical (unpaired) electrons. The van der Waals surface area contributed by atoms with Crippen LogP contribution in [0.1, 0.15) is 52.4 Å². The van der Waals surface area contributed by atoms with E-state index in [0.717, 1.165) is 18.6 Å². The van der Waals surface area contributed by atoms with Gasteiger partial charge in [-0.1, -0.05) is 13.3 Å². The maximum absolute atomic E-state index is 5.74. The lowest BCUT2D eigenvalue weighted by Crippen LogP contribution is -2.40. The third kappa shape index (κ3) is 2.98. The molecule has 0 bridgehead atoms. The second kappa shape index (κ2) is 6.02. The van der Waals surface area contributed by atoms with Gasteiger partial charge in [0.15, 0.2) is 0 Å². The summed E-state index contributed by atoms with van der Waals surface area (Å²) in [5.74, 6) is 1.00. The highest BCUT2D eigenvalue weighted by atomic mass is 16.5. The fraction of sp³-hybridized carbons (Fsp3) is 1.00.